The minimum atomic E-state index is -3.82. The van der Waals surface area contributed by atoms with Crippen molar-refractivity contribution in [2.75, 3.05) is 65.4 Å². The number of hydrogen-bond donors (Lipinski definition) is 3. The minimum absolute atomic E-state index is 0.0679. The lowest BCUT2D eigenvalue weighted by molar-refractivity contribution is 0.0368. The Balaban J connectivity index is 2.01. The molecule has 1 aromatic carbocycles. The maximum atomic E-state index is 13.4. The fourth-order valence-electron chi connectivity index (χ4n) is 3.82. The number of aromatic nitrogens is 2. The molecule has 36 heavy (non-hydrogen) atoms. The molecule has 12 heteroatoms. The molecule has 2 aromatic rings. The van der Waals surface area contributed by atoms with E-state index >= 15 is 0 Å². The van der Waals surface area contributed by atoms with E-state index in [0.29, 0.717) is 50.6 Å². The largest absolute Gasteiger partial charge is 0.493 e. The van der Waals surface area contributed by atoms with Crippen LogP contribution in [-0.2, 0) is 14.8 Å². The zero-order valence-electron chi connectivity index (χ0n) is 21.4. The van der Waals surface area contributed by atoms with Crippen LogP contribution in [0.4, 0.5) is 5.69 Å². The third-order valence-electron chi connectivity index (χ3n) is 6.02. The van der Waals surface area contributed by atoms with Crippen molar-refractivity contribution in [2.45, 2.75) is 31.6 Å². The van der Waals surface area contributed by atoms with Crippen molar-refractivity contribution in [3.63, 3.8) is 0 Å². The molecule has 1 aliphatic rings. The lowest BCUT2D eigenvalue weighted by Crippen LogP contribution is -2.41. The fourth-order valence-corrected chi connectivity index (χ4v) is 5.01. The van der Waals surface area contributed by atoms with E-state index in [0.717, 1.165) is 19.5 Å². The average molecular weight is 521 g/mol. The van der Waals surface area contributed by atoms with E-state index in [1.165, 1.54) is 16.4 Å². The van der Waals surface area contributed by atoms with Gasteiger partial charge in [0, 0.05) is 40.3 Å². The van der Waals surface area contributed by atoms with Gasteiger partial charge >= 0.3 is 0 Å². The highest BCUT2D eigenvalue weighted by atomic mass is 32.2. The van der Waals surface area contributed by atoms with Crippen molar-refractivity contribution >= 4 is 21.4 Å². The Bertz CT molecular complexity index is 1220. The van der Waals surface area contributed by atoms with Crippen LogP contribution in [0.25, 0.3) is 11.4 Å². The van der Waals surface area contributed by atoms with Crippen molar-refractivity contribution in [2.24, 2.45) is 0 Å². The molecule has 0 unspecified atom stereocenters. The minimum Gasteiger partial charge on any atom is -0.493 e. The van der Waals surface area contributed by atoms with Gasteiger partial charge in [-0.15, -0.1) is 0 Å². The summed E-state index contributed by atoms with van der Waals surface area (Å²) in [6.45, 7) is 7.96. The number of morpholine rings is 1. The van der Waals surface area contributed by atoms with Gasteiger partial charge in [0.1, 0.15) is 23.0 Å². The quantitative estimate of drug-likeness (QED) is 0.361. The summed E-state index contributed by atoms with van der Waals surface area (Å²) in [6.07, 6.45) is 1.13. The number of ether oxygens (including phenoxy) is 2. The van der Waals surface area contributed by atoms with Gasteiger partial charge in [-0.2, -0.15) is 4.31 Å². The van der Waals surface area contributed by atoms with Gasteiger partial charge in [0.2, 0.25) is 10.0 Å². The number of benzene rings is 1. The number of H-pyrrole nitrogens is 1. The van der Waals surface area contributed by atoms with Gasteiger partial charge in [0.25, 0.3) is 5.56 Å². The summed E-state index contributed by atoms with van der Waals surface area (Å²) < 4.78 is 39.4. The Kier molecular flexibility index (Phi) is 9.60. The Labute approximate surface area is 212 Å². The molecule has 0 radical (unpaired) electrons. The first-order valence-electron chi connectivity index (χ1n) is 12.2. The summed E-state index contributed by atoms with van der Waals surface area (Å²) in [4.78, 5) is 22.3. The van der Waals surface area contributed by atoms with Gasteiger partial charge < -0.3 is 25.2 Å². The molecule has 2 heterocycles. The number of nitrogens with one attached hydrogen (secondary N) is 3. The smallest absolute Gasteiger partial charge is 0.275 e. The number of sulfonamides is 1. The molecule has 1 aliphatic heterocycles. The molecule has 0 bridgehead atoms. The van der Waals surface area contributed by atoms with Gasteiger partial charge in [-0.25, -0.2) is 13.4 Å². The molecule has 3 N–H and O–H groups in total. The van der Waals surface area contributed by atoms with Crippen molar-refractivity contribution in [3.05, 3.63) is 34.2 Å². The van der Waals surface area contributed by atoms with Gasteiger partial charge in [0.05, 0.1) is 36.0 Å². The lowest BCUT2D eigenvalue weighted by atomic mass is 10.1. The summed E-state index contributed by atoms with van der Waals surface area (Å²) >= 11 is 0. The van der Waals surface area contributed by atoms with Gasteiger partial charge in [-0.1, -0.05) is 13.8 Å². The lowest BCUT2D eigenvalue weighted by Gasteiger charge is -2.28. The zero-order chi connectivity index (χ0) is 26.3. The molecular formula is C24H36N6O5S. The van der Waals surface area contributed by atoms with Crippen molar-refractivity contribution < 1.29 is 17.9 Å². The molecule has 0 spiro atoms. The van der Waals surface area contributed by atoms with E-state index in [1.54, 1.807) is 27.1 Å². The van der Waals surface area contributed by atoms with Crippen LogP contribution in [-0.4, -0.2) is 93.4 Å². The third-order valence-corrected chi connectivity index (χ3v) is 7.87. The Morgan fingerprint density at radius 2 is 2.03 bits per heavy atom. The van der Waals surface area contributed by atoms with Gasteiger partial charge in [-0.05, 0) is 31.0 Å². The monoisotopic (exact) mass is 520 g/mol. The molecule has 0 aliphatic carbocycles. The Hall–Kier alpha value is -2.80. The van der Waals surface area contributed by atoms with Crippen LogP contribution in [0.3, 0.4) is 0 Å². The molecule has 11 nitrogen and oxygen atoms in total. The normalized spacial score (nSPS) is 14.7. The van der Waals surface area contributed by atoms with Crippen LogP contribution in [0, 0.1) is 5.41 Å². The highest BCUT2D eigenvalue weighted by molar-refractivity contribution is 7.89. The summed E-state index contributed by atoms with van der Waals surface area (Å²) in [6, 6.07) is 4.57. The standard InChI is InChI=1S/C24H36N6O5S/c1-5-13-35-20-8-7-17(36(32,33)29(4)9-10-30-11-14-34-15-12-30)16-18(20)23-27-21(19(25)6-2)22(26-3)24(31)28-23/h7-8,16,25-26H,5-6,9-15H2,1-4H3,(H,27,28,31). The zero-order valence-corrected chi connectivity index (χ0v) is 22.2. The first kappa shape index (κ1) is 27.8. The summed E-state index contributed by atoms with van der Waals surface area (Å²) in [5.74, 6) is 0.549. The van der Waals surface area contributed by atoms with Crippen LogP contribution in [0.2, 0.25) is 0 Å². The Morgan fingerprint density at radius 3 is 2.67 bits per heavy atom. The molecular weight excluding hydrogens is 484 g/mol. The van der Waals surface area contributed by atoms with Crippen LogP contribution >= 0.6 is 0 Å². The number of aromatic amines is 1. The third kappa shape index (κ3) is 6.30. The maximum absolute atomic E-state index is 13.4. The maximum Gasteiger partial charge on any atom is 0.275 e. The van der Waals surface area contributed by atoms with Gasteiger partial charge in [0.15, 0.2) is 0 Å². The van der Waals surface area contributed by atoms with Gasteiger partial charge in [-0.3, -0.25) is 9.69 Å². The number of hydrogen-bond acceptors (Lipinski definition) is 9. The van der Waals surface area contributed by atoms with E-state index in [4.69, 9.17) is 14.9 Å². The number of anilines is 1. The highest BCUT2D eigenvalue weighted by Crippen LogP contribution is 2.32. The first-order chi connectivity index (χ1) is 17.2. The predicted octanol–water partition coefficient (Wildman–Crippen LogP) is 2.00. The molecule has 3 rings (SSSR count). The molecule has 198 valence electrons. The molecule has 0 amide bonds. The number of likely N-dealkylation sites (N-methyl/N-ethyl adjacent to an activating group) is 1. The molecule has 0 saturated carbocycles. The second-order valence-corrected chi connectivity index (χ2v) is 10.6. The Morgan fingerprint density at radius 1 is 1.31 bits per heavy atom. The first-order valence-corrected chi connectivity index (χ1v) is 13.6. The summed E-state index contributed by atoms with van der Waals surface area (Å²) in [5.41, 5.74) is 0.489. The second-order valence-electron chi connectivity index (χ2n) is 8.51. The predicted molar refractivity (Wildman–Crippen MR) is 140 cm³/mol. The summed E-state index contributed by atoms with van der Waals surface area (Å²) in [7, 11) is -0.670. The number of rotatable bonds is 12. The van der Waals surface area contributed by atoms with Crippen molar-refractivity contribution in [1.29, 1.82) is 5.41 Å². The van der Waals surface area contributed by atoms with E-state index in [1.807, 2.05) is 6.92 Å². The molecule has 1 saturated heterocycles. The number of nitrogens with zero attached hydrogens (tertiary/aromatic N) is 3. The topological polar surface area (TPSA) is 141 Å². The van der Waals surface area contributed by atoms with Crippen LogP contribution in [0.1, 0.15) is 32.4 Å². The van der Waals surface area contributed by atoms with Crippen LogP contribution in [0.5, 0.6) is 5.75 Å². The van der Waals surface area contributed by atoms with E-state index < -0.39 is 15.6 Å². The van der Waals surface area contributed by atoms with Crippen LogP contribution in [0.15, 0.2) is 27.9 Å². The molecule has 1 fully saturated rings. The SMILES string of the molecule is CCCOc1ccc(S(=O)(=O)N(C)CCN2CCOCC2)cc1-c1nc(C(=N)CC)c(NC)c(=O)[nH]1. The van der Waals surface area contributed by atoms with E-state index in [9.17, 15) is 13.2 Å². The molecule has 0 atom stereocenters. The fraction of sp³-hybridized carbons (Fsp3) is 0.542. The summed E-state index contributed by atoms with van der Waals surface area (Å²) in [5, 5.41) is 11.1. The average Bonchev–Trinajstić information content (AvgIpc) is 2.89. The van der Waals surface area contributed by atoms with Crippen molar-refractivity contribution in [3.8, 4) is 17.1 Å². The molecule has 1 aromatic heterocycles. The van der Waals surface area contributed by atoms with Crippen LogP contribution < -0.4 is 15.6 Å². The van der Waals surface area contributed by atoms with E-state index in [-0.39, 0.29) is 27.8 Å². The van der Waals surface area contributed by atoms with Crippen molar-refractivity contribution in [1.82, 2.24) is 19.2 Å². The second kappa shape index (κ2) is 12.4. The highest BCUT2D eigenvalue weighted by Gasteiger charge is 2.25. The van der Waals surface area contributed by atoms with E-state index in [2.05, 4.69) is 20.2 Å².